The number of para-hydroxylation sites is 1. The van der Waals surface area contributed by atoms with E-state index in [4.69, 9.17) is 9.47 Å². The molecule has 0 N–H and O–H groups in total. The molecule has 0 radical (unpaired) electrons. The number of carbonyl (C=O) groups excluding carboxylic acids is 1. The minimum atomic E-state index is 0.336. The first-order valence-electron chi connectivity index (χ1n) is 6.49. The van der Waals surface area contributed by atoms with Crippen LogP contribution in [-0.2, 0) is 13.7 Å². The molecule has 0 aliphatic rings. The maximum Gasteiger partial charge on any atom is 0.172 e. The molecule has 2 aromatic rings. The van der Waals surface area contributed by atoms with Gasteiger partial charge in [0.15, 0.2) is 17.8 Å². The van der Waals surface area contributed by atoms with Gasteiger partial charge in [0.2, 0.25) is 0 Å². The van der Waals surface area contributed by atoms with E-state index < -0.39 is 0 Å². The maximum absolute atomic E-state index is 11.1. The standard InChI is InChI=1S/C15H18N2O3/c1-4-19-14-7-5-6-12(9-18)15(14)20-10-13-8-11(2)16-17(13)3/h5-9H,4,10H2,1-3H3. The van der Waals surface area contributed by atoms with Crippen LogP contribution in [0.25, 0.3) is 0 Å². The fraction of sp³-hybridized carbons (Fsp3) is 0.333. The third-order valence-corrected chi connectivity index (χ3v) is 2.90. The van der Waals surface area contributed by atoms with Crippen molar-refractivity contribution in [2.24, 2.45) is 7.05 Å². The van der Waals surface area contributed by atoms with Crippen molar-refractivity contribution in [2.75, 3.05) is 6.61 Å². The maximum atomic E-state index is 11.1. The molecule has 0 aliphatic carbocycles. The number of aromatic nitrogens is 2. The van der Waals surface area contributed by atoms with Crippen molar-refractivity contribution in [1.29, 1.82) is 0 Å². The van der Waals surface area contributed by atoms with Gasteiger partial charge in [-0.25, -0.2) is 0 Å². The molecule has 5 nitrogen and oxygen atoms in total. The van der Waals surface area contributed by atoms with Crippen LogP contribution in [0.4, 0.5) is 0 Å². The predicted molar refractivity (Wildman–Crippen MR) is 75.3 cm³/mol. The monoisotopic (exact) mass is 274 g/mol. The quantitative estimate of drug-likeness (QED) is 0.759. The average Bonchev–Trinajstić information content (AvgIpc) is 2.75. The van der Waals surface area contributed by atoms with E-state index in [1.165, 1.54) is 0 Å². The van der Waals surface area contributed by atoms with Crippen LogP contribution in [0.2, 0.25) is 0 Å². The van der Waals surface area contributed by atoms with Crippen molar-refractivity contribution in [3.05, 3.63) is 41.2 Å². The van der Waals surface area contributed by atoms with E-state index in [1.807, 2.05) is 27.0 Å². The second-order valence-corrected chi connectivity index (χ2v) is 4.41. The van der Waals surface area contributed by atoms with Crippen molar-refractivity contribution >= 4 is 6.29 Å². The van der Waals surface area contributed by atoms with E-state index in [2.05, 4.69) is 5.10 Å². The van der Waals surface area contributed by atoms with Gasteiger partial charge in [-0.3, -0.25) is 9.48 Å². The first-order chi connectivity index (χ1) is 9.65. The summed E-state index contributed by atoms with van der Waals surface area (Å²) in [6, 6.07) is 7.22. The molecule has 106 valence electrons. The van der Waals surface area contributed by atoms with Crippen LogP contribution in [0.5, 0.6) is 11.5 Å². The summed E-state index contributed by atoms with van der Waals surface area (Å²) in [5.74, 6) is 1.05. The van der Waals surface area contributed by atoms with Crippen LogP contribution in [0.3, 0.4) is 0 Å². The van der Waals surface area contributed by atoms with Gasteiger partial charge in [-0.05, 0) is 32.0 Å². The summed E-state index contributed by atoms with van der Waals surface area (Å²) in [7, 11) is 1.86. The molecule has 0 fully saturated rings. The Balaban J connectivity index is 2.23. The lowest BCUT2D eigenvalue weighted by Crippen LogP contribution is -2.06. The zero-order valence-electron chi connectivity index (χ0n) is 11.9. The minimum Gasteiger partial charge on any atom is -0.490 e. The molecule has 0 unspecified atom stereocenters. The van der Waals surface area contributed by atoms with Crippen LogP contribution < -0.4 is 9.47 Å². The van der Waals surface area contributed by atoms with Gasteiger partial charge in [-0.1, -0.05) is 6.07 Å². The Morgan fingerprint density at radius 2 is 2.15 bits per heavy atom. The van der Waals surface area contributed by atoms with Gasteiger partial charge >= 0.3 is 0 Å². The molecular formula is C15H18N2O3. The molecule has 2 rings (SSSR count). The lowest BCUT2D eigenvalue weighted by molar-refractivity contribution is 0.111. The Morgan fingerprint density at radius 1 is 1.35 bits per heavy atom. The third kappa shape index (κ3) is 2.99. The number of rotatable bonds is 6. The Hall–Kier alpha value is -2.30. The van der Waals surface area contributed by atoms with Gasteiger partial charge in [0.1, 0.15) is 6.61 Å². The molecule has 0 amide bonds. The number of nitrogens with zero attached hydrogens (tertiary/aromatic N) is 2. The lowest BCUT2D eigenvalue weighted by Gasteiger charge is -2.13. The normalized spacial score (nSPS) is 10.3. The number of aryl methyl sites for hydroxylation is 2. The highest BCUT2D eigenvalue weighted by Gasteiger charge is 2.12. The van der Waals surface area contributed by atoms with Crippen molar-refractivity contribution in [1.82, 2.24) is 9.78 Å². The summed E-state index contributed by atoms with van der Waals surface area (Å²) in [6.45, 7) is 4.67. The number of hydrogen-bond donors (Lipinski definition) is 0. The van der Waals surface area contributed by atoms with Crippen LogP contribution in [-0.4, -0.2) is 22.7 Å². The smallest absolute Gasteiger partial charge is 0.172 e. The molecule has 0 saturated carbocycles. The summed E-state index contributed by atoms with van der Waals surface area (Å²) in [5.41, 5.74) is 2.35. The summed E-state index contributed by atoms with van der Waals surface area (Å²) < 4.78 is 13.0. The second-order valence-electron chi connectivity index (χ2n) is 4.41. The van der Waals surface area contributed by atoms with E-state index in [9.17, 15) is 4.79 Å². The molecule has 0 bridgehead atoms. The molecule has 5 heteroatoms. The lowest BCUT2D eigenvalue weighted by atomic mass is 10.2. The fourth-order valence-corrected chi connectivity index (χ4v) is 1.99. The average molecular weight is 274 g/mol. The minimum absolute atomic E-state index is 0.336. The van der Waals surface area contributed by atoms with Crippen molar-refractivity contribution in [3.63, 3.8) is 0 Å². The van der Waals surface area contributed by atoms with Gasteiger partial charge in [-0.15, -0.1) is 0 Å². The van der Waals surface area contributed by atoms with Gasteiger partial charge in [0, 0.05) is 7.05 Å². The highest BCUT2D eigenvalue weighted by Crippen LogP contribution is 2.31. The van der Waals surface area contributed by atoms with Crippen molar-refractivity contribution < 1.29 is 14.3 Å². The van der Waals surface area contributed by atoms with E-state index in [-0.39, 0.29) is 0 Å². The summed E-state index contributed by atoms with van der Waals surface area (Å²) in [5, 5.41) is 4.26. The number of benzene rings is 1. The highest BCUT2D eigenvalue weighted by atomic mass is 16.5. The van der Waals surface area contributed by atoms with E-state index >= 15 is 0 Å². The van der Waals surface area contributed by atoms with Crippen LogP contribution in [0.15, 0.2) is 24.3 Å². The summed E-state index contributed by atoms with van der Waals surface area (Å²) in [6.07, 6.45) is 0.770. The van der Waals surface area contributed by atoms with Crippen LogP contribution in [0.1, 0.15) is 28.7 Å². The van der Waals surface area contributed by atoms with E-state index in [0.29, 0.717) is 30.3 Å². The van der Waals surface area contributed by atoms with Crippen LogP contribution in [0, 0.1) is 6.92 Å². The Morgan fingerprint density at radius 3 is 2.75 bits per heavy atom. The number of ether oxygens (including phenoxy) is 2. The molecule has 1 aromatic heterocycles. The van der Waals surface area contributed by atoms with E-state index in [0.717, 1.165) is 17.7 Å². The van der Waals surface area contributed by atoms with Gasteiger partial charge in [-0.2, -0.15) is 5.10 Å². The first kappa shape index (κ1) is 14.1. The molecule has 1 aromatic carbocycles. The zero-order valence-corrected chi connectivity index (χ0v) is 11.9. The van der Waals surface area contributed by atoms with Crippen molar-refractivity contribution in [2.45, 2.75) is 20.5 Å². The molecule has 0 spiro atoms. The number of aldehydes is 1. The molecule has 0 aliphatic heterocycles. The topological polar surface area (TPSA) is 53.4 Å². The molecule has 1 heterocycles. The number of hydrogen-bond acceptors (Lipinski definition) is 4. The SMILES string of the molecule is CCOc1cccc(C=O)c1OCc1cc(C)nn1C. The molecule has 0 saturated heterocycles. The fourth-order valence-electron chi connectivity index (χ4n) is 1.99. The third-order valence-electron chi connectivity index (χ3n) is 2.90. The van der Waals surface area contributed by atoms with Gasteiger partial charge in [0.05, 0.1) is 23.6 Å². The molecule has 20 heavy (non-hydrogen) atoms. The van der Waals surface area contributed by atoms with Gasteiger partial charge < -0.3 is 9.47 Å². The zero-order chi connectivity index (χ0) is 14.5. The Bertz CT molecular complexity index is 605. The number of carbonyl (C=O) groups is 1. The summed E-state index contributed by atoms with van der Waals surface area (Å²) in [4.78, 5) is 11.1. The Labute approximate surface area is 118 Å². The van der Waals surface area contributed by atoms with Crippen molar-refractivity contribution in [3.8, 4) is 11.5 Å². The second kappa shape index (κ2) is 6.23. The Kier molecular flexibility index (Phi) is 4.40. The molecular weight excluding hydrogens is 256 g/mol. The predicted octanol–water partition coefficient (Wildman–Crippen LogP) is 2.52. The highest BCUT2D eigenvalue weighted by molar-refractivity contribution is 5.81. The first-order valence-corrected chi connectivity index (χ1v) is 6.49. The van der Waals surface area contributed by atoms with Crippen LogP contribution >= 0.6 is 0 Å². The van der Waals surface area contributed by atoms with E-state index in [1.54, 1.807) is 22.9 Å². The largest absolute Gasteiger partial charge is 0.490 e. The molecule has 0 atom stereocenters. The summed E-state index contributed by atoms with van der Waals surface area (Å²) >= 11 is 0. The van der Waals surface area contributed by atoms with Gasteiger partial charge in [0.25, 0.3) is 0 Å².